The van der Waals surface area contributed by atoms with Gasteiger partial charge in [-0.15, -0.1) is 0 Å². The molecule has 5 rings (SSSR count). The molecule has 1 N–H and O–H groups in total. The van der Waals surface area contributed by atoms with Gasteiger partial charge >= 0.3 is 0 Å². The first kappa shape index (κ1) is 20.1. The van der Waals surface area contributed by atoms with Gasteiger partial charge in [0.2, 0.25) is 5.91 Å². The van der Waals surface area contributed by atoms with E-state index in [-0.39, 0.29) is 18.0 Å². The molecule has 0 saturated carbocycles. The second-order valence-electron chi connectivity index (χ2n) is 7.12. The third kappa shape index (κ3) is 3.69. The first-order chi connectivity index (χ1) is 15.6. The van der Waals surface area contributed by atoms with E-state index < -0.39 is 0 Å². The summed E-state index contributed by atoms with van der Waals surface area (Å²) in [6.07, 6.45) is 3.84. The van der Waals surface area contributed by atoms with Gasteiger partial charge in [0.1, 0.15) is 41.5 Å². The molecule has 4 heterocycles. The van der Waals surface area contributed by atoms with E-state index in [1.165, 1.54) is 4.57 Å². The number of carbonyl (C=O) groups is 1. The molecule has 9 nitrogen and oxygen atoms in total. The van der Waals surface area contributed by atoms with Gasteiger partial charge < -0.3 is 14.8 Å². The lowest BCUT2D eigenvalue weighted by atomic mass is 10.2. The van der Waals surface area contributed by atoms with E-state index in [4.69, 9.17) is 9.47 Å². The number of hydrogen-bond acceptors (Lipinski definition) is 8. The van der Waals surface area contributed by atoms with Gasteiger partial charge in [-0.3, -0.25) is 19.1 Å². The smallest absolute Gasteiger partial charge is 0.273 e. The lowest BCUT2D eigenvalue weighted by Gasteiger charge is -2.19. The second kappa shape index (κ2) is 8.39. The number of carbonyl (C=O) groups excluding carboxylic acids is 1. The summed E-state index contributed by atoms with van der Waals surface area (Å²) in [5.41, 5.74) is 2.33. The highest BCUT2D eigenvalue weighted by molar-refractivity contribution is 7.13. The van der Waals surface area contributed by atoms with E-state index in [1.807, 2.05) is 19.1 Å². The van der Waals surface area contributed by atoms with E-state index in [0.29, 0.717) is 58.6 Å². The minimum atomic E-state index is -0.335. The van der Waals surface area contributed by atoms with Crippen molar-refractivity contribution in [3.8, 4) is 22.8 Å². The number of amides is 1. The van der Waals surface area contributed by atoms with Crippen LogP contribution < -0.4 is 20.3 Å². The standard InChI is InChI=1S/C22H19N5O4S/c1-2-17-25-20-19(13-5-7-23-8-6-13)26-32-21(20)22(29)27(17)12-18(28)24-14-3-4-15-16(11-14)31-10-9-30-15/h3-8,11H,2,9-10,12H2,1H3,(H,24,28). The van der Waals surface area contributed by atoms with E-state index in [0.717, 1.165) is 17.1 Å². The average molecular weight is 449 g/mol. The van der Waals surface area contributed by atoms with E-state index >= 15 is 0 Å². The van der Waals surface area contributed by atoms with Gasteiger partial charge in [-0.25, -0.2) is 4.98 Å². The largest absolute Gasteiger partial charge is 0.486 e. The molecule has 162 valence electrons. The summed E-state index contributed by atoms with van der Waals surface area (Å²) >= 11 is 1.09. The van der Waals surface area contributed by atoms with Gasteiger partial charge in [-0.05, 0) is 35.8 Å². The lowest BCUT2D eigenvalue weighted by Crippen LogP contribution is -2.30. The number of nitrogens with one attached hydrogen (secondary N) is 1. The number of benzene rings is 1. The predicted octanol–water partition coefficient (Wildman–Crippen LogP) is 2.89. The number of anilines is 1. The van der Waals surface area contributed by atoms with Crippen molar-refractivity contribution in [1.29, 1.82) is 0 Å². The predicted molar refractivity (Wildman–Crippen MR) is 120 cm³/mol. The number of hydrogen-bond donors (Lipinski definition) is 1. The Labute approximate surface area is 186 Å². The van der Waals surface area contributed by atoms with Gasteiger partial charge in [-0.2, -0.15) is 4.37 Å². The van der Waals surface area contributed by atoms with Crippen LogP contribution in [0.4, 0.5) is 5.69 Å². The molecule has 3 aromatic heterocycles. The van der Waals surface area contributed by atoms with Crippen LogP contribution in [-0.2, 0) is 17.8 Å². The summed E-state index contributed by atoms with van der Waals surface area (Å²) in [7, 11) is 0. The highest BCUT2D eigenvalue weighted by atomic mass is 32.1. The van der Waals surface area contributed by atoms with Gasteiger partial charge in [-0.1, -0.05) is 6.92 Å². The summed E-state index contributed by atoms with van der Waals surface area (Å²) in [5.74, 6) is 1.41. The molecule has 0 spiro atoms. The molecule has 0 radical (unpaired) electrons. The van der Waals surface area contributed by atoms with Gasteiger partial charge in [0.15, 0.2) is 11.5 Å². The van der Waals surface area contributed by atoms with Crippen molar-refractivity contribution in [2.75, 3.05) is 18.5 Å². The summed E-state index contributed by atoms with van der Waals surface area (Å²) < 4.78 is 17.3. The van der Waals surface area contributed by atoms with Crippen molar-refractivity contribution < 1.29 is 14.3 Å². The third-order valence-electron chi connectivity index (χ3n) is 5.06. The van der Waals surface area contributed by atoms with Crippen molar-refractivity contribution >= 4 is 33.3 Å². The van der Waals surface area contributed by atoms with Crippen molar-refractivity contribution in [1.82, 2.24) is 18.9 Å². The zero-order valence-electron chi connectivity index (χ0n) is 17.2. The van der Waals surface area contributed by atoms with Gasteiger partial charge in [0.05, 0.1) is 0 Å². The molecule has 1 aliphatic rings. The average Bonchev–Trinajstić information content (AvgIpc) is 3.25. The van der Waals surface area contributed by atoms with E-state index in [1.54, 1.807) is 30.6 Å². The van der Waals surface area contributed by atoms with Crippen molar-refractivity contribution in [2.24, 2.45) is 0 Å². The van der Waals surface area contributed by atoms with Crippen LogP contribution in [0.3, 0.4) is 0 Å². The van der Waals surface area contributed by atoms with Crippen LogP contribution in [0.25, 0.3) is 21.5 Å². The molecule has 4 aromatic rings. The van der Waals surface area contributed by atoms with Crippen molar-refractivity contribution in [2.45, 2.75) is 19.9 Å². The molecule has 0 atom stereocenters. The molecule has 32 heavy (non-hydrogen) atoms. The number of fused-ring (bicyclic) bond motifs is 2. The Bertz CT molecular complexity index is 1370. The first-order valence-electron chi connectivity index (χ1n) is 10.1. The monoisotopic (exact) mass is 449 g/mol. The summed E-state index contributed by atoms with van der Waals surface area (Å²) in [6, 6.07) is 8.85. The fourth-order valence-corrected chi connectivity index (χ4v) is 4.35. The Kier molecular flexibility index (Phi) is 5.28. The van der Waals surface area contributed by atoms with Crippen LogP contribution in [0.1, 0.15) is 12.7 Å². The highest BCUT2D eigenvalue weighted by Gasteiger charge is 2.19. The van der Waals surface area contributed by atoms with E-state index in [2.05, 4.69) is 19.7 Å². The summed E-state index contributed by atoms with van der Waals surface area (Å²) in [4.78, 5) is 34.6. The number of ether oxygens (including phenoxy) is 2. The molecule has 1 aliphatic heterocycles. The fraction of sp³-hybridized carbons (Fsp3) is 0.227. The molecule has 0 fully saturated rings. The van der Waals surface area contributed by atoms with Crippen LogP contribution in [0.15, 0.2) is 47.5 Å². The minimum Gasteiger partial charge on any atom is -0.486 e. The number of aryl methyl sites for hydroxylation is 1. The third-order valence-corrected chi connectivity index (χ3v) is 5.88. The number of aromatic nitrogens is 4. The maximum atomic E-state index is 13.2. The molecule has 10 heteroatoms. The van der Waals surface area contributed by atoms with Crippen LogP contribution in [0.2, 0.25) is 0 Å². The Morgan fingerprint density at radius 2 is 1.94 bits per heavy atom. The van der Waals surface area contributed by atoms with Crippen LogP contribution >= 0.6 is 11.5 Å². The fourth-order valence-electron chi connectivity index (χ4n) is 3.56. The summed E-state index contributed by atoms with van der Waals surface area (Å²) in [5, 5.41) is 2.82. The zero-order valence-corrected chi connectivity index (χ0v) is 18.0. The summed E-state index contributed by atoms with van der Waals surface area (Å²) in [6.45, 7) is 2.70. The Morgan fingerprint density at radius 1 is 1.16 bits per heavy atom. The van der Waals surface area contributed by atoms with Crippen LogP contribution in [-0.4, -0.2) is 38.0 Å². The maximum absolute atomic E-state index is 13.2. The number of nitrogens with zero attached hydrogens (tertiary/aromatic N) is 4. The van der Waals surface area contributed by atoms with Crippen LogP contribution in [0.5, 0.6) is 11.5 Å². The first-order valence-corrected chi connectivity index (χ1v) is 10.9. The lowest BCUT2D eigenvalue weighted by molar-refractivity contribution is -0.116. The molecule has 1 amide bonds. The van der Waals surface area contributed by atoms with Crippen molar-refractivity contribution in [3.05, 3.63) is 58.9 Å². The SMILES string of the molecule is CCc1nc2c(-c3ccncc3)nsc2c(=O)n1CC(=O)Nc1ccc2c(c1)OCCO2. The molecular weight excluding hydrogens is 430 g/mol. The van der Waals surface area contributed by atoms with E-state index in [9.17, 15) is 9.59 Å². The maximum Gasteiger partial charge on any atom is 0.273 e. The quantitative estimate of drug-likeness (QED) is 0.499. The van der Waals surface area contributed by atoms with Gasteiger partial charge in [0, 0.05) is 36.1 Å². The van der Waals surface area contributed by atoms with Crippen LogP contribution in [0, 0.1) is 0 Å². The Balaban J connectivity index is 1.44. The minimum absolute atomic E-state index is 0.151. The number of rotatable bonds is 5. The topological polar surface area (TPSA) is 108 Å². The zero-order chi connectivity index (χ0) is 22.1. The molecule has 0 unspecified atom stereocenters. The molecule has 1 aromatic carbocycles. The molecule has 0 aliphatic carbocycles. The second-order valence-corrected chi connectivity index (χ2v) is 7.90. The van der Waals surface area contributed by atoms with Gasteiger partial charge in [0.25, 0.3) is 5.56 Å². The molecule has 0 bridgehead atoms. The highest BCUT2D eigenvalue weighted by Crippen LogP contribution is 2.32. The Morgan fingerprint density at radius 3 is 2.72 bits per heavy atom. The Hall–Kier alpha value is -3.79. The number of pyridine rings is 1. The molecule has 0 saturated heterocycles. The normalized spacial score (nSPS) is 12.7. The van der Waals surface area contributed by atoms with Crippen molar-refractivity contribution in [3.63, 3.8) is 0 Å². The molecular formula is C22H19N5O4S.